The standard InChI is InChI=1S/C15H19N3O3/c1-2-3-9-16-12(19)10-18-14(20)13(17-15(18)21)11-7-5-4-6-8-11/h4-8,13H,2-3,9-10H2,1H3,(H,16,19)(H,17,21). The Hall–Kier alpha value is -2.37. The molecule has 1 aliphatic heterocycles. The Kier molecular flexibility index (Phi) is 4.92. The second kappa shape index (κ2) is 6.88. The number of urea groups is 1. The summed E-state index contributed by atoms with van der Waals surface area (Å²) in [5, 5.41) is 5.29. The summed E-state index contributed by atoms with van der Waals surface area (Å²) in [5.74, 6) is -0.711. The second-order valence-electron chi connectivity index (χ2n) is 4.92. The molecule has 6 nitrogen and oxygen atoms in total. The van der Waals surface area contributed by atoms with Crippen LogP contribution in [0.15, 0.2) is 30.3 Å². The predicted octanol–water partition coefficient (Wildman–Crippen LogP) is 1.20. The number of imide groups is 1. The van der Waals surface area contributed by atoms with Crippen molar-refractivity contribution in [2.75, 3.05) is 13.1 Å². The summed E-state index contributed by atoms with van der Waals surface area (Å²) < 4.78 is 0. The SMILES string of the molecule is CCCCNC(=O)CN1C(=O)NC(c2ccccc2)C1=O. The van der Waals surface area contributed by atoms with Crippen molar-refractivity contribution >= 4 is 17.8 Å². The minimum Gasteiger partial charge on any atom is -0.355 e. The zero-order valence-electron chi connectivity index (χ0n) is 12.0. The smallest absolute Gasteiger partial charge is 0.325 e. The number of nitrogens with one attached hydrogen (secondary N) is 2. The van der Waals surface area contributed by atoms with Crippen LogP contribution in [-0.4, -0.2) is 35.8 Å². The molecule has 1 unspecified atom stereocenters. The number of carbonyl (C=O) groups excluding carboxylic acids is 3. The number of amides is 4. The first kappa shape index (κ1) is 15.0. The maximum atomic E-state index is 12.2. The van der Waals surface area contributed by atoms with Crippen LogP contribution < -0.4 is 10.6 Å². The molecule has 1 atom stereocenters. The lowest BCUT2D eigenvalue weighted by Gasteiger charge is -2.13. The molecular formula is C15H19N3O3. The molecule has 2 N–H and O–H groups in total. The summed E-state index contributed by atoms with van der Waals surface area (Å²) in [4.78, 5) is 36.8. The molecule has 1 aromatic rings. The van der Waals surface area contributed by atoms with E-state index in [9.17, 15) is 14.4 Å². The molecule has 21 heavy (non-hydrogen) atoms. The molecule has 1 aromatic carbocycles. The van der Waals surface area contributed by atoms with E-state index >= 15 is 0 Å². The van der Waals surface area contributed by atoms with Gasteiger partial charge in [-0.15, -0.1) is 0 Å². The summed E-state index contributed by atoms with van der Waals surface area (Å²) in [6.45, 7) is 2.34. The van der Waals surface area contributed by atoms with Gasteiger partial charge in [-0.25, -0.2) is 4.79 Å². The van der Waals surface area contributed by atoms with Gasteiger partial charge in [0.05, 0.1) is 0 Å². The third kappa shape index (κ3) is 3.59. The minimum absolute atomic E-state index is 0.238. The lowest BCUT2D eigenvalue weighted by atomic mass is 10.1. The van der Waals surface area contributed by atoms with Crippen LogP contribution in [0.4, 0.5) is 4.79 Å². The van der Waals surface area contributed by atoms with E-state index in [1.807, 2.05) is 13.0 Å². The van der Waals surface area contributed by atoms with Crippen molar-refractivity contribution in [3.63, 3.8) is 0 Å². The predicted molar refractivity (Wildman–Crippen MR) is 77.3 cm³/mol. The zero-order chi connectivity index (χ0) is 15.2. The lowest BCUT2D eigenvalue weighted by molar-refractivity contribution is -0.132. The maximum absolute atomic E-state index is 12.2. The first-order chi connectivity index (χ1) is 10.1. The van der Waals surface area contributed by atoms with Gasteiger partial charge in [-0.05, 0) is 12.0 Å². The normalized spacial score (nSPS) is 17.8. The van der Waals surface area contributed by atoms with Gasteiger partial charge in [-0.3, -0.25) is 14.5 Å². The molecule has 0 spiro atoms. The fourth-order valence-electron chi connectivity index (χ4n) is 2.14. The van der Waals surface area contributed by atoms with Crippen molar-refractivity contribution in [2.45, 2.75) is 25.8 Å². The number of rotatable bonds is 6. The van der Waals surface area contributed by atoms with Crippen molar-refractivity contribution in [1.82, 2.24) is 15.5 Å². The quantitative estimate of drug-likeness (QED) is 0.610. The van der Waals surface area contributed by atoms with Crippen molar-refractivity contribution in [3.05, 3.63) is 35.9 Å². The van der Waals surface area contributed by atoms with Crippen molar-refractivity contribution in [2.24, 2.45) is 0 Å². The molecule has 0 radical (unpaired) electrons. The summed E-state index contributed by atoms with van der Waals surface area (Å²) in [5.41, 5.74) is 0.713. The summed E-state index contributed by atoms with van der Waals surface area (Å²) in [6, 6.07) is 7.75. The fourth-order valence-corrected chi connectivity index (χ4v) is 2.14. The molecule has 0 aliphatic carbocycles. The topological polar surface area (TPSA) is 78.5 Å². The van der Waals surface area contributed by atoms with Crippen LogP contribution in [0.2, 0.25) is 0 Å². The Morgan fingerprint density at radius 3 is 2.67 bits per heavy atom. The highest BCUT2D eigenvalue weighted by atomic mass is 16.2. The Morgan fingerprint density at radius 2 is 2.00 bits per heavy atom. The largest absolute Gasteiger partial charge is 0.355 e. The number of hydrogen-bond acceptors (Lipinski definition) is 3. The molecule has 6 heteroatoms. The van der Waals surface area contributed by atoms with Crippen molar-refractivity contribution < 1.29 is 14.4 Å². The second-order valence-corrected chi connectivity index (χ2v) is 4.92. The number of unbranched alkanes of at least 4 members (excludes halogenated alkanes) is 1. The number of nitrogens with zero attached hydrogens (tertiary/aromatic N) is 1. The minimum atomic E-state index is -0.706. The molecule has 2 rings (SSSR count). The Morgan fingerprint density at radius 1 is 1.29 bits per heavy atom. The summed E-state index contributed by atoms with van der Waals surface area (Å²) in [7, 11) is 0. The highest BCUT2D eigenvalue weighted by molar-refractivity contribution is 6.06. The maximum Gasteiger partial charge on any atom is 0.325 e. The first-order valence-corrected chi connectivity index (χ1v) is 7.07. The van der Waals surface area contributed by atoms with Crippen LogP contribution in [0.5, 0.6) is 0 Å². The van der Waals surface area contributed by atoms with E-state index in [-0.39, 0.29) is 12.5 Å². The molecule has 4 amide bonds. The van der Waals surface area contributed by atoms with Gasteiger partial charge >= 0.3 is 6.03 Å². The highest BCUT2D eigenvalue weighted by Gasteiger charge is 2.39. The molecule has 112 valence electrons. The van der Waals surface area contributed by atoms with Gasteiger partial charge in [0.2, 0.25) is 5.91 Å². The van der Waals surface area contributed by atoms with Crippen LogP contribution in [0.25, 0.3) is 0 Å². The molecule has 1 aliphatic rings. The zero-order valence-corrected chi connectivity index (χ0v) is 12.0. The molecule has 0 saturated carbocycles. The Labute approximate surface area is 123 Å². The van der Waals surface area contributed by atoms with Crippen LogP contribution >= 0.6 is 0 Å². The Bertz CT molecular complexity index is 530. The molecular weight excluding hydrogens is 270 g/mol. The average Bonchev–Trinajstić information content (AvgIpc) is 2.76. The third-order valence-corrected chi connectivity index (χ3v) is 3.31. The van der Waals surface area contributed by atoms with Gasteiger partial charge in [0.25, 0.3) is 5.91 Å². The lowest BCUT2D eigenvalue weighted by Crippen LogP contribution is -2.41. The van der Waals surface area contributed by atoms with E-state index in [2.05, 4.69) is 10.6 Å². The van der Waals surface area contributed by atoms with Crippen LogP contribution in [0, 0.1) is 0 Å². The first-order valence-electron chi connectivity index (χ1n) is 7.07. The fraction of sp³-hybridized carbons (Fsp3) is 0.400. The van der Waals surface area contributed by atoms with Gasteiger partial charge in [0.1, 0.15) is 12.6 Å². The molecule has 1 saturated heterocycles. The van der Waals surface area contributed by atoms with Crippen LogP contribution in [0.1, 0.15) is 31.4 Å². The van der Waals surface area contributed by atoms with E-state index in [0.717, 1.165) is 17.7 Å². The average molecular weight is 289 g/mol. The number of hydrogen-bond donors (Lipinski definition) is 2. The van der Waals surface area contributed by atoms with E-state index < -0.39 is 18.0 Å². The third-order valence-electron chi connectivity index (χ3n) is 3.31. The number of benzene rings is 1. The van der Waals surface area contributed by atoms with E-state index in [4.69, 9.17) is 0 Å². The number of carbonyl (C=O) groups is 3. The monoisotopic (exact) mass is 289 g/mol. The van der Waals surface area contributed by atoms with Gasteiger partial charge in [-0.1, -0.05) is 43.7 Å². The van der Waals surface area contributed by atoms with Gasteiger partial charge in [-0.2, -0.15) is 0 Å². The summed E-state index contributed by atoms with van der Waals surface area (Å²) >= 11 is 0. The van der Waals surface area contributed by atoms with Crippen LogP contribution in [0.3, 0.4) is 0 Å². The Balaban J connectivity index is 1.97. The van der Waals surface area contributed by atoms with E-state index in [0.29, 0.717) is 12.1 Å². The summed E-state index contributed by atoms with van der Waals surface area (Å²) in [6.07, 6.45) is 1.85. The highest BCUT2D eigenvalue weighted by Crippen LogP contribution is 2.21. The van der Waals surface area contributed by atoms with E-state index in [1.165, 1.54) is 0 Å². The molecule has 1 fully saturated rings. The van der Waals surface area contributed by atoms with E-state index in [1.54, 1.807) is 24.3 Å². The van der Waals surface area contributed by atoms with Crippen molar-refractivity contribution in [1.29, 1.82) is 0 Å². The van der Waals surface area contributed by atoms with Gasteiger partial charge < -0.3 is 10.6 Å². The van der Waals surface area contributed by atoms with Gasteiger partial charge in [0.15, 0.2) is 0 Å². The van der Waals surface area contributed by atoms with Gasteiger partial charge in [0, 0.05) is 6.54 Å². The molecule has 0 aromatic heterocycles. The van der Waals surface area contributed by atoms with Crippen molar-refractivity contribution in [3.8, 4) is 0 Å². The molecule has 1 heterocycles. The van der Waals surface area contributed by atoms with Crippen LogP contribution in [-0.2, 0) is 9.59 Å². The molecule has 0 bridgehead atoms.